The van der Waals surface area contributed by atoms with E-state index in [9.17, 15) is 4.79 Å². The lowest BCUT2D eigenvalue weighted by atomic mass is 10.0. The summed E-state index contributed by atoms with van der Waals surface area (Å²) >= 11 is 0. The van der Waals surface area contributed by atoms with E-state index in [1.807, 2.05) is 6.92 Å². The third-order valence-electron chi connectivity index (χ3n) is 3.70. The van der Waals surface area contributed by atoms with Gasteiger partial charge in [0.05, 0.1) is 13.0 Å². The van der Waals surface area contributed by atoms with Crippen molar-refractivity contribution in [2.24, 2.45) is 0 Å². The highest BCUT2D eigenvalue weighted by Gasteiger charge is 2.23. The zero-order valence-corrected chi connectivity index (χ0v) is 12.5. The summed E-state index contributed by atoms with van der Waals surface area (Å²) in [6.45, 7) is 5.33. The first-order valence-corrected chi connectivity index (χ1v) is 7.73. The van der Waals surface area contributed by atoms with Crippen LogP contribution in [0.3, 0.4) is 0 Å². The van der Waals surface area contributed by atoms with E-state index >= 15 is 0 Å². The Balaban J connectivity index is 2.01. The molecule has 0 radical (unpaired) electrons. The molecule has 1 aromatic carbocycles. The standard InChI is InChI=1S/C17H25NO2/c1-3-11-18-16(12-17(19)20-4-2)15-9-7-14(8-10-15)13-5-6-13/h7-10,13,16,18H,3-6,11-12H2,1-2H3. The Morgan fingerprint density at radius 3 is 2.55 bits per heavy atom. The Hall–Kier alpha value is -1.35. The molecule has 110 valence electrons. The summed E-state index contributed by atoms with van der Waals surface area (Å²) < 4.78 is 5.07. The van der Waals surface area contributed by atoms with Gasteiger partial charge in [-0.15, -0.1) is 0 Å². The molecule has 1 saturated carbocycles. The van der Waals surface area contributed by atoms with Crippen molar-refractivity contribution in [3.63, 3.8) is 0 Å². The Labute approximate surface area is 121 Å². The van der Waals surface area contributed by atoms with Gasteiger partial charge in [-0.1, -0.05) is 31.2 Å². The summed E-state index contributed by atoms with van der Waals surface area (Å²) in [5.41, 5.74) is 2.61. The molecule has 1 unspecified atom stereocenters. The zero-order valence-electron chi connectivity index (χ0n) is 12.5. The van der Waals surface area contributed by atoms with Crippen LogP contribution >= 0.6 is 0 Å². The number of carbonyl (C=O) groups is 1. The van der Waals surface area contributed by atoms with Gasteiger partial charge in [-0.2, -0.15) is 0 Å². The lowest BCUT2D eigenvalue weighted by Gasteiger charge is -2.18. The molecule has 20 heavy (non-hydrogen) atoms. The van der Waals surface area contributed by atoms with E-state index in [2.05, 4.69) is 36.5 Å². The normalized spacial score (nSPS) is 15.9. The first-order chi connectivity index (χ1) is 9.74. The van der Waals surface area contributed by atoms with E-state index in [-0.39, 0.29) is 12.0 Å². The smallest absolute Gasteiger partial charge is 0.307 e. The molecule has 1 aliphatic rings. The van der Waals surface area contributed by atoms with Crippen molar-refractivity contribution in [2.45, 2.75) is 51.5 Å². The molecule has 0 bridgehead atoms. The highest BCUT2D eigenvalue weighted by Crippen LogP contribution is 2.40. The molecule has 3 heteroatoms. The molecule has 1 fully saturated rings. The van der Waals surface area contributed by atoms with Crippen LogP contribution in [0.15, 0.2) is 24.3 Å². The summed E-state index contributed by atoms with van der Waals surface area (Å²) in [6, 6.07) is 8.78. The molecular weight excluding hydrogens is 250 g/mol. The molecule has 1 aliphatic carbocycles. The maximum atomic E-state index is 11.7. The van der Waals surface area contributed by atoms with Crippen molar-refractivity contribution in [1.29, 1.82) is 0 Å². The minimum absolute atomic E-state index is 0.0576. The maximum absolute atomic E-state index is 11.7. The van der Waals surface area contributed by atoms with Gasteiger partial charge in [-0.05, 0) is 49.8 Å². The number of esters is 1. The molecule has 1 atom stereocenters. The number of hydrogen-bond acceptors (Lipinski definition) is 3. The molecule has 1 N–H and O–H groups in total. The highest BCUT2D eigenvalue weighted by molar-refractivity contribution is 5.70. The number of nitrogens with one attached hydrogen (secondary N) is 1. The van der Waals surface area contributed by atoms with Gasteiger partial charge < -0.3 is 10.1 Å². The van der Waals surface area contributed by atoms with E-state index in [1.165, 1.54) is 24.0 Å². The molecule has 2 rings (SSSR count). The van der Waals surface area contributed by atoms with Crippen molar-refractivity contribution < 1.29 is 9.53 Å². The van der Waals surface area contributed by atoms with E-state index in [1.54, 1.807) is 0 Å². The van der Waals surface area contributed by atoms with Crippen molar-refractivity contribution in [1.82, 2.24) is 5.32 Å². The van der Waals surface area contributed by atoms with Crippen molar-refractivity contribution in [3.8, 4) is 0 Å². The number of rotatable bonds is 8. The van der Waals surface area contributed by atoms with Gasteiger partial charge in [-0.25, -0.2) is 0 Å². The molecule has 0 saturated heterocycles. The lowest BCUT2D eigenvalue weighted by Crippen LogP contribution is -2.25. The third-order valence-corrected chi connectivity index (χ3v) is 3.70. The molecule has 0 spiro atoms. The van der Waals surface area contributed by atoms with Gasteiger partial charge in [0.1, 0.15) is 0 Å². The second-order valence-corrected chi connectivity index (χ2v) is 5.46. The Kier molecular flexibility index (Phi) is 5.60. The van der Waals surface area contributed by atoms with Crippen LogP contribution in [0.2, 0.25) is 0 Å². The van der Waals surface area contributed by atoms with Crippen LogP contribution < -0.4 is 5.32 Å². The van der Waals surface area contributed by atoms with Crippen LogP contribution in [0.25, 0.3) is 0 Å². The molecule has 1 aromatic rings. The molecule has 0 aromatic heterocycles. The molecule has 3 nitrogen and oxygen atoms in total. The minimum Gasteiger partial charge on any atom is -0.466 e. The molecular formula is C17H25NO2. The van der Waals surface area contributed by atoms with Gasteiger partial charge >= 0.3 is 5.97 Å². The molecule has 0 amide bonds. The summed E-state index contributed by atoms with van der Waals surface area (Å²) in [7, 11) is 0. The SMILES string of the molecule is CCCNC(CC(=O)OCC)c1ccc(C2CC2)cc1. The number of carbonyl (C=O) groups excluding carboxylic acids is 1. The Morgan fingerprint density at radius 2 is 2.00 bits per heavy atom. The fraction of sp³-hybridized carbons (Fsp3) is 0.588. The first-order valence-electron chi connectivity index (χ1n) is 7.73. The second kappa shape index (κ2) is 7.44. The largest absolute Gasteiger partial charge is 0.466 e. The number of benzene rings is 1. The average Bonchev–Trinajstić information content (AvgIpc) is 3.28. The van der Waals surface area contributed by atoms with Crippen molar-refractivity contribution in [3.05, 3.63) is 35.4 Å². The monoisotopic (exact) mass is 275 g/mol. The van der Waals surface area contributed by atoms with Crippen LogP contribution in [0.5, 0.6) is 0 Å². The van der Waals surface area contributed by atoms with Crippen LogP contribution in [-0.2, 0) is 9.53 Å². The quantitative estimate of drug-likeness (QED) is 0.737. The number of hydrogen-bond donors (Lipinski definition) is 1. The van der Waals surface area contributed by atoms with E-state index in [4.69, 9.17) is 4.74 Å². The first kappa shape index (κ1) is 15.0. The average molecular weight is 275 g/mol. The van der Waals surface area contributed by atoms with Crippen LogP contribution in [-0.4, -0.2) is 19.1 Å². The summed E-state index contributed by atoms with van der Waals surface area (Å²) in [6.07, 6.45) is 4.09. The minimum atomic E-state index is -0.132. The number of ether oxygens (including phenoxy) is 1. The highest BCUT2D eigenvalue weighted by atomic mass is 16.5. The fourth-order valence-electron chi connectivity index (χ4n) is 2.43. The van der Waals surface area contributed by atoms with Crippen molar-refractivity contribution in [2.75, 3.05) is 13.2 Å². The zero-order chi connectivity index (χ0) is 14.4. The van der Waals surface area contributed by atoms with Gasteiger partial charge in [0.25, 0.3) is 0 Å². The van der Waals surface area contributed by atoms with Gasteiger partial charge in [0.2, 0.25) is 0 Å². The predicted molar refractivity (Wildman–Crippen MR) is 80.7 cm³/mol. The Bertz CT molecular complexity index is 423. The van der Waals surface area contributed by atoms with E-state index in [0.717, 1.165) is 18.9 Å². The van der Waals surface area contributed by atoms with Gasteiger partial charge in [0.15, 0.2) is 0 Å². The summed E-state index contributed by atoms with van der Waals surface area (Å²) in [4.78, 5) is 11.7. The van der Waals surface area contributed by atoms with Crippen LogP contribution in [0.1, 0.15) is 62.6 Å². The van der Waals surface area contributed by atoms with Crippen LogP contribution in [0, 0.1) is 0 Å². The summed E-state index contributed by atoms with van der Waals surface area (Å²) in [5.74, 6) is 0.642. The summed E-state index contributed by atoms with van der Waals surface area (Å²) in [5, 5.41) is 3.44. The third kappa shape index (κ3) is 4.34. The Morgan fingerprint density at radius 1 is 1.30 bits per heavy atom. The molecule has 0 heterocycles. The van der Waals surface area contributed by atoms with E-state index in [0.29, 0.717) is 13.0 Å². The topological polar surface area (TPSA) is 38.3 Å². The van der Waals surface area contributed by atoms with E-state index < -0.39 is 0 Å². The predicted octanol–water partition coefficient (Wildman–Crippen LogP) is 3.56. The van der Waals surface area contributed by atoms with Crippen LogP contribution in [0.4, 0.5) is 0 Å². The second-order valence-electron chi connectivity index (χ2n) is 5.46. The molecule has 0 aliphatic heterocycles. The fourth-order valence-corrected chi connectivity index (χ4v) is 2.43. The van der Waals surface area contributed by atoms with Crippen molar-refractivity contribution >= 4 is 5.97 Å². The lowest BCUT2D eigenvalue weighted by molar-refractivity contribution is -0.143. The van der Waals surface area contributed by atoms with Gasteiger partial charge in [0, 0.05) is 6.04 Å². The van der Waals surface area contributed by atoms with Gasteiger partial charge in [-0.3, -0.25) is 4.79 Å². The maximum Gasteiger partial charge on any atom is 0.307 e.